The molecule has 1 fully saturated rings. The fraction of sp³-hybridized carbons (Fsp3) is 0.261. The summed E-state index contributed by atoms with van der Waals surface area (Å²) >= 11 is 1.83. The molecule has 1 aromatic heterocycles. The van der Waals surface area contributed by atoms with E-state index in [0.717, 1.165) is 6.54 Å². The molecule has 0 radical (unpaired) electrons. The molecule has 0 bridgehead atoms. The van der Waals surface area contributed by atoms with E-state index in [1.54, 1.807) is 0 Å². The maximum Gasteiger partial charge on any atom is 0.263 e. The van der Waals surface area contributed by atoms with Crippen LogP contribution in [0.25, 0.3) is 22.4 Å². The average molecular weight is 441 g/mol. The number of hydrogen-bond acceptors (Lipinski definition) is 2. The Morgan fingerprint density at radius 3 is 2.44 bits per heavy atom. The van der Waals surface area contributed by atoms with Crippen LogP contribution >= 0.6 is 11.3 Å². The highest BCUT2D eigenvalue weighted by Crippen LogP contribution is 2.23. The fourth-order valence-corrected chi connectivity index (χ4v) is 4.68. The lowest BCUT2D eigenvalue weighted by Gasteiger charge is -2.28. The summed E-state index contributed by atoms with van der Waals surface area (Å²) in [5.74, 6) is 0. The van der Waals surface area contributed by atoms with Crippen LogP contribution in [0.5, 0.6) is 0 Å². The quantitative estimate of drug-likeness (QED) is 0.436. The third-order valence-electron chi connectivity index (χ3n) is 4.98. The van der Waals surface area contributed by atoms with Crippen molar-refractivity contribution in [2.75, 3.05) is 18.0 Å². The summed E-state index contributed by atoms with van der Waals surface area (Å²) in [6, 6.07) is 17.5. The van der Waals surface area contributed by atoms with Crippen molar-refractivity contribution in [3.05, 3.63) is 71.8 Å². The van der Waals surface area contributed by atoms with Crippen LogP contribution in [0.2, 0.25) is 0 Å². The molecule has 3 aromatic rings. The molecule has 0 N–H and O–H groups in total. The van der Waals surface area contributed by atoms with E-state index in [4.69, 9.17) is 0 Å². The van der Waals surface area contributed by atoms with Gasteiger partial charge in [-0.25, -0.2) is 0 Å². The van der Waals surface area contributed by atoms with E-state index in [9.17, 15) is 0 Å². The molecule has 2 nitrogen and oxygen atoms in total. The van der Waals surface area contributed by atoms with Crippen molar-refractivity contribution < 1.29 is 21.5 Å². The largest absolute Gasteiger partial charge is 1.00 e. The summed E-state index contributed by atoms with van der Waals surface area (Å²) < 4.78 is 3.64. The molecule has 4 rings (SSSR count). The van der Waals surface area contributed by atoms with E-state index < -0.39 is 0 Å². The molecule has 2 aromatic carbocycles. The molecule has 0 saturated carbocycles. The zero-order valence-electron chi connectivity index (χ0n) is 15.5. The van der Waals surface area contributed by atoms with Gasteiger partial charge in [0.25, 0.3) is 5.01 Å². The van der Waals surface area contributed by atoms with E-state index in [1.165, 1.54) is 58.8 Å². The standard InChI is InChI=1S/C23H25N2S.BrH/c1-2-16-25-21-8-4-5-9-22(21)26-23(25)15-12-19-10-13-20(14-11-19)24-17-6-3-7-18-24;/h2,4-5,8-15H,1,3,6-7,16-18H2;1H/q+1;/p-1. The number of allylic oxidation sites excluding steroid dienone is 1. The van der Waals surface area contributed by atoms with Crippen molar-refractivity contribution in [1.82, 2.24) is 0 Å². The molecule has 1 aliphatic rings. The van der Waals surface area contributed by atoms with Gasteiger partial charge in [0.05, 0.1) is 0 Å². The van der Waals surface area contributed by atoms with Gasteiger partial charge in [-0.15, -0.1) is 0 Å². The summed E-state index contributed by atoms with van der Waals surface area (Å²) in [4.78, 5) is 2.50. The molecule has 1 saturated heterocycles. The number of piperidine rings is 1. The van der Waals surface area contributed by atoms with E-state index in [-0.39, 0.29) is 17.0 Å². The molecule has 140 valence electrons. The Labute approximate surface area is 176 Å². The number of benzene rings is 2. The molecule has 0 atom stereocenters. The maximum absolute atomic E-state index is 3.91. The Balaban J connectivity index is 0.00000210. The van der Waals surface area contributed by atoms with Crippen LogP contribution in [-0.4, -0.2) is 13.1 Å². The summed E-state index contributed by atoms with van der Waals surface area (Å²) in [6.45, 7) is 7.13. The number of para-hydroxylation sites is 1. The Hall–Kier alpha value is -1.91. The van der Waals surface area contributed by atoms with Gasteiger partial charge in [-0.1, -0.05) is 42.2 Å². The highest BCUT2D eigenvalue weighted by molar-refractivity contribution is 7.18. The van der Waals surface area contributed by atoms with Crippen molar-refractivity contribution in [2.24, 2.45) is 0 Å². The number of fused-ring (bicyclic) bond motifs is 1. The molecule has 2 heterocycles. The van der Waals surface area contributed by atoms with Gasteiger partial charge < -0.3 is 21.9 Å². The summed E-state index contributed by atoms with van der Waals surface area (Å²) in [7, 11) is 0. The van der Waals surface area contributed by atoms with Crippen molar-refractivity contribution in [1.29, 1.82) is 0 Å². The third kappa shape index (κ3) is 4.50. The van der Waals surface area contributed by atoms with Crippen molar-refractivity contribution in [2.45, 2.75) is 25.8 Å². The van der Waals surface area contributed by atoms with E-state index in [0.29, 0.717) is 0 Å². The number of anilines is 1. The predicted octanol–water partition coefficient (Wildman–Crippen LogP) is 2.54. The van der Waals surface area contributed by atoms with Crippen LogP contribution in [0.3, 0.4) is 0 Å². The highest BCUT2D eigenvalue weighted by atomic mass is 79.9. The fourth-order valence-electron chi connectivity index (χ4n) is 3.61. The number of hydrogen-bond donors (Lipinski definition) is 0. The van der Waals surface area contributed by atoms with Crippen molar-refractivity contribution in [3.8, 4) is 0 Å². The minimum atomic E-state index is 0. The Bertz CT molecular complexity index is 921. The predicted molar refractivity (Wildman–Crippen MR) is 114 cm³/mol. The average Bonchev–Trinajstić information content (AvgIpc) is 3.05. The Kier molecular flexibility index (Phi) is 6.86. The maximum atomic E-state index is 3.91. The zero-order chi connectivity index (χ0) is 17.8. The summed E-state index contributed by atoms with van der Waals surface area (Å²) in [5, 5.41) is 1.26. The minimum Gasteiger partial charge on any atom is -1.00 e. The first-order valence-electron chi connectivity index (χ1n) is 9.40. The molecule has 0 aliphatic carbocycles. The van der Waals surface area contributed by atoms with Crippen LogP contribution in [0.15, 0.2) is 61.2 Å². The molecule has 27 heavy (non-hydrogen) atoms. The first-order valence-corrected chi connectivity index (χ1v) is 10.2. The van der Waals surface area contributed by atoms with Gasteiger partial charge in [0.1, 0.15) is 4.70 Å². The summed E-state index contributed by atoms with van der Waals surface area (Å²) in [5.41, 5.74) is 3.87. The first kappa shape index (κ1) is 19.8. The van der Waals surface area contributed by atoms with Gasteiger partial charge in [-0.05, 0) is 55.2 Å². The first-order chi connectivity index (χ1) is 12.8. The van der Waals surface area contributed by atoms with Gasteiger partial charge in [0, 0.05) is 30.9 Å². The highest BCUT2D eigenvalue weighted by Gasteiger charge is 2.16. The molecular formula is C23H25BrN2S. The smallest absolute Gasteiger partial charge is 0.263 e. The number of rotatable bonds is 5. The SMILES string of the molecule is C=CC[n+]1c(/C=C/c2ccc(N3CCCCC3)cc2)sc2ccccc21.[Br-]. The second kappa shape index (κ2) is 9.34. The van der Waals surface area contributed by atoms with E-state index in [1.807, 2.05) is 17.4 Å². The minimum absolute atomic E-state index is 0. The number of aromatic nitrogens is 1. The number of nitrogens with zero attached hydrogens (tertiary/aromatic N) is 2. The molecule has 0 spiro atoms. The molecule has 4 heteroatoms. The van der Waals surface area contributed by atoms with Gasteiger partial charge in [0.2, 0.25) is 5.52 Å². The van der Waals surface area contributed by atoms with Crippen LogP contribution in [-0.2, 0) is 6.54 Å². The van der Waals surface area contributed by atoms with Gasteiger partial charge in [0.15, 0.2) is 6.54 Å². The lowest BCUT2D eigenvalue weighted by Crippen LogP contribution is -3.00. The lowest BCUT2D eigenvalue weighted by molar-refractivity contribution is -0.658. The Morgan fingerprint density at radius 2 is 1.70 bits per heavy atom. The van der Waals surface area contributed by atoms with E-state index in [2.05, 4.69) is 76.7 Å². The summed E-state index contributed by atoms with van der Waals surface area (Å²) in [6.07, 6.45) is 10.4. The Morgan fingerprint density at radius 1 is 0.963 bits per heavy atom. The van der Waals surface area contributed by atoms with Crippen LogP contribution in [0.1, 0.15) is 29.8 Å². The second-order valence-electron chi connectivity index (χ2n) is 6.78. The van der Waals surface area contributed by atoms with Crippen LogP contribution in [0, 0.1) is 0 Å². The van der Waals surface area contributed by atoms with E-state index >= 15 is 0 Å². The molecule has 1 aliphatic heterocycles. The number of thiazole rings is 1. The van der Waals surface area contributed by atoms with Gasteiger partial charge in [-0.2, -0.15) is 4.57 Å². The molecule has 0 amide bonds. The van der Waals surface area contributed by atoms with Crippen LogP contribution < -0.4 is 26.4 Å². The van der Waals surface area contributed by atoms with Gasteiger partial charge in [-0.3, -0.25) is 0 Å². The van der Waals surface area contributed by atoms with Crippen molar-refractivity contribution >= 4 is 39.4 Å². The monoisotopic (exact) mass is 440 g/mol. The van der Waals surface area contributed by atoms with Gasteiger partial charge >= 0.3 is 0 Å². The third-order valence-corrected chi connectivity index (χ3v) is 6.11. The second-order valence-corrected chi connectivity index (χ2v) is 7.84. The number of halogens is 1. The van der Waals surface area contributed by atoms with Crippen molar-refractivity contribution in [3.63, 3.8) is 0 Å². The topological polar surface area (TPSA) is 7.12 Å². The molecular weight excluding hydrogens is 416 g/mol. The lowest BCUT2D eigenvalue weighted by atomic mass is 10.1. The zero-order valence-corrected chi connectivity index (χ0v) is 17.9. The normalized spacial score (nSPS) is 14.4. The van der Waals surface area contributed by atoms with Crippen LogP contribution in [0.4, 0.5) is 5.69 Å². The molecule has 0 unspecified atom stereocenters.